The van der Waals surface area contributed by atoms with Crippen molar-refractivity contribution < 1.29 is 9.15 Å². The molecule has 1 N–H and O–H groups in total. The minimum Gasteiger partial charge on any atom is -0.496 e. The number of nitrogens with zero attached hydrogens (tertiary/aromatic N) is 3. The van der Waals surface area contributed by atoms with Crippen LogP contribution in [0, 0.1) is 4.77 Å². The van der Waals surface area contributed by atoms with Crippen LogP contribution >= 0.6 is 12.2 Å². The summed E-state index contributed by atoms with van der Waals surface area (Å²) in [6, 6.07) is 15.6. The average molecular weight is 350 g/mol. The SMILES string of the molecule is COc1ccc2ccccc2c1C=Nn1c(-c2ccco2)n[nH]c1=S. The lowest BCUT2D eigenvalue weighted by molar-refractivity contribution is 0.415. The molecule has 0 saturated carbocycles. The number of nitrogens with one attached hydrogen (secondary N) is 1. The van der Waals surface area contributed by atoms with Gasteiger partial charge in [-0.2, -0.15) is 9.78 Å². The van der Waals surface area contributed by atoms with Crippen molar-refractivity contribution in [2.45, 2.75) is 0 Å². The van der Waals surface area contributed by atoms with E-state index in [0.29, 0.717) is 16.4 Å². The molecule has 25 heavy (non-hydrogen) atoms. The second-order valence-electron chi connectivity index (χ2n) is 5.29. The van der Waals surface area contributed by atoms with Crippen LogP contribution in [0.4, 0.5) is 0 Å². The lowest BCUT2D eigenvalue weighted by atomic mass is 10.0. The molecule has 2 aromatic carbocycles. The van der Waals surface area contributed by atoms with Crippen molar-refractivity contribution >= 4 is 29.2 Å². The molecule has 2 aromatic heterocycles. The summed E-state index contributed by atoms with van der Waals surface area (Å²) in [5.41, 5.74) is 0.870. The number of hydrogen-bond acceptors (Lipinski definition) is 5. The van der Waals surface area contributed by atoms with Gasteiger partial charge in [0.1, 0.15) is 5.75 Å². The van der Waals surface area contributed by atoms with Crippen LogP contribution in [0.15, 0.2) is 64.3 Å². The topological polar surface area (TPSA) is 68.3 Å². The number of ether oxygens (including phenoxy) is 1. The van der Waals surface area contributed by atoms with E-state index in [4.69, 9.17) is 21.4 Å². The van der Waals surface area contributed by atoms with Crippen LogP contribution < -0.4 is 4.74 Å². The standard InChI is InChI=1S/C18H14N4O2S/c1-23-15-9-8-12-5-2-3-6-13(12)14(15)11-19-22-17(20-21-18(22)25)16-7-4-10-24-16/h2-11H,1H3,(H,21,25). The van der Waals surface area contributed by atoms with E-state index in [0.717, 1.165) is 22.1 Å². The van der Waals surface area contributed by atoms with Crippen LogP contribution in [0.2, 0.25) is 0 Å². The van der Waals surface area contributed by atoms with Gasteiger partial charge in [-0.25, -0.2) is 5.10 Å². The van der Waals surface area contributed by atoms with E-state index < -0.39 is 0 Å². The minimum atomic E-state index is 0.377. The lowest BCUT2D eigenvalue weighted by Gasteiger charge is -2.08. The largest absolute Gasteiger partial charge is 0.496 e. The zero-order valence-corrected chi connectivity index (χ0v) is 14.2. The molecule has 0 fully saturated rings. The highest BCUT2D eigenvalue weighted by Gasteiger charge is 2.11. The number of furan rings is 1. The first-order valence-electron chi connectivity index (χ1n) is 7.59. The molecule has 4 aromatic rings. The first kappa shape index (κ1) is 15.3. The molecule has 0 radical (unpaired) electrons. The smallest absolute Gasteiger partial charge is 0.219 e. The van der Waals surface area contributed by atoms with Gasteiger partial charge in [0, 0.05) is 5.56 Å². The average Bonchev–Trinajstić information content (AvgIpc) is 3.29. The van der Waals surface area contributed by atoms with Gasteiger partial charge in [-0.15, -0.1) is 5.10 Å². The third-order valence-electron chi connectivity index (χ3n) is 3.84. The lowest BCUT2D eigenvalue weighted by Crippen LogP contribution is -1.97. The predicted octanol–water partition coefficient (Wildman–Crippen LogP) is 4.24. The van der Waals surface area contributed by atoms with Crippen molar-refractivity contribution in [2.75, 3.05) is 7.11 Å². The first-order chi connectivity index (χ1) is 12.3. The van der Waals surface area contributed by atoms with Crippen LogP contribution in [0.3, 0.4) is 0 Å². The Morgan fingerprint density at radius 3 is 2.88 bits per heavy atom. The van der Waals surface area contributed by atoms with Crippen LogP contribution in [-0.2, 0) is 0 Å². The molecule has 0 saturated heterocycles. The predicted molar refractivity (Wildman–Crippen MR) is 98.6 cm³/mol. The van der Waals surface area contributed by atoms with Crippen LogP contribution in [0.5, 0.6) is 5.75 Å². The maximum atomic E-state index is 5.49. The molecule has 0 aliphatic carbocycles. The van der Waals surface area contributed by atoms with Crippen molar-refractivity contribution in [1.82, 2.24) is 14.9 Å². The van der Waals surface area contributed by atoms with E-state index in [1.165, 1.54) is 4.68 Å². The Kier molecular flexibility index (Phi) is 3.91. The molecule has 0 aliphatic rings. The van der Waals surface area contributed by atoms with Gasteiger partial charge in [-0.05, 0) is 41.2 Å². The fourth-order valence-electron chi connectivity index (χ4n) is 2.67. The number of methoxy groups -OCH3 is 1. The third kappa shape index (κ3) is 2.74. The maximum Gasteiger partial charge on any atom is 0.219 e. The number of fused-ring (bicyclic) bond motifs is 1. The minimum absolute atomic E-state index is 0.377. The van der Waals surface area contributed by atoms with Gasteiger partial charge in [0.15, 0.2) is 5.76 Å². The molecule has 0 spiro atoms. The fourth-order valence-corrected chi connectivity index (χ4v) is 2.85. The quantitative estimate of drug-likeness (QED) is 0.441. The fraction of sp³-hybridized carbons (Fsp3) is 0.0556. The molecule has 124 valence electrons. The van der Waals surface area contributed by atoms with Gasteiger partial charge in [0.05, 0.1) is 19.6 Å². The summed E-state index contributed by atoms with van der Waals surface area (Å²) in [6.07, 6.45) is 3.30. The molecular weight excluding hydrogens is 336 g/mol. The van der Waals surface area contributed by atoms with E-state index in [9.17, 15) is 0 Å². The Bertz CT molecular complexity index is 1110. The van der Waals surface area contributed by atoms with Crippen molar-refractivity contribution in [2.24, 2.45) is 5.10 Å². The second kappa shape index (κ2) is 6.37. The van der Waals surface area contributed by atoms with Gasteiger partial charge in [-0.1, -0.05) is 30.3 Å². The zero-order valence-electron chi connectivity index (χ0n) is 13.3. The number of H-pyrrole nitrogens is 1. The number of aromatic nitrogens is 3. The zero-order chi connectivity index (χ0) is 17.2. The molecule has 0 amide bonds. The van der Waals surface area contributed by atoms with Crippen LogP contribution in [-0.4, -0.2) is 28.2 Å². The molecule has 0 aliphatic heterocycles. The molecule has 0 unspecified atom stereocenters. The monoisotopic (exact) mass is 350 g/mol. The number of rotatable bonds is 4. The Balaban J connectivity index is 1.85. The van der Waals surface area contributed by atoms with E-state index in [1.54, 1.807) is 31.7 Å². The first-order valence-corrected chi connectivity index (χ1v) is 8.00. The number of hydrogen-bond donors (Lipinski definition) is 1. The van der Waals surface area contributed by atoms with Crippen molar-refractivity contribution in [3.63, 3.8) is 0 Å². The highest BCUT2D eigenvalue weighted by Crippen LogP contribution is 2.26. The van der Waals surface area contributed by atoms with E-state index in [1.807, 2.05) is 36.4 Å². The van der Waals surface area contributed by atoms with Crippen LogP contribution in [0.1, 0.15) is 5.56 Å². The summed E-state index contributed by atoms with van der Waals surface area (Å²) in [5, 5.41) is 13.6. The second-order valence-corrected chi connectivity index (χ2v) is 5.68. The summed E-state index contributed by atoms with van der Waals surface area (Å²) in [4.78, 5) is 0. The Morgan fingerprint density at radius 2 is 2.08 bits per heavy atom. The summed E-state index contributed by atoms with van der Waals surface area (Å²) in [6.45, 7) is 0. The summed E-state index contributed by atoms with van der Waals surface area (Å²) < 4.78 is 12.8. The molecule has 4 rings (SSSR count). The number of aromatic amines is 1. The van der Waals surface area contributed by atoms with Gasteiger partial charge < -0.3 is 9.15 Å². The Hall–Kier alpha value is -3.19. The van der Waals surface area contributed by atoms with Crippen molar-refractivity contribution in [1.29, 1.82) is 0 Å². The molecule has 2 heterocycles. The van der Waals surface area contributed by atoms with Gasteiger partial charge >= 0.3 is 0 Å². The summed E-state index contributed by atoms with van der Waals surface area (Å²) >= 11 is 5.28. The summed E-state index contributed by atoms with van der Waals surface area (Å²) in [7, 11) is 1.64. The summed E-state index contributed by atoms with van der Waals surface area (Å²) in [5.74, 6) is 1.82. The van der Waals surface area contributed by atoms with E-state index in [2.05, 4.69) is 15.3 Å². The molecule has 6 nitrogen and oxygen atoms in total. The highest BCUT2D eigenvalue weighted by atomic mass is 32.1. The van der Waals surface area contributed by atoms with Gasteiger partial charge in [-0.3, -0.25) is 0 Å². The molecule has 0 atom stereocenters. The molecule has 7 heteroatoms. The van der Waals surface area contributed by atoms with E-state index in [-0.39, 0.29) is 0 Å². The van der Waals surface area contributed by atoms with Gasteiger partial charge in [0.2, 0.25) is 10.6 Å². The van der Waals surface area contributed by atoms with Crippen LogP contribution in [0.25, 0.3) is 22.4 Å². The third-order valence-corrected chi connectivity index (χ3v) is 4.11. The van der Waals surface area contributed by atoms with Crippen molar-refractivity contribution in [3.8, 4) is 17.3 Å². The van der Waals surface area contributed by atoms with Crippen molar-refractivity contribution in [3.05, 3.63) is 65.1 Å². The Labute approximate surface area is 148 Å². The molecular formula is C18H14N4O2S. The van der Waals surface area contributed by atoms with Gasteiger partial charge in [0.25, 0.3) is 0 Å². The normalized spacial score (nSPS) is 11.4. The Morgan fingerprint density at radius 1 is 1.20 bits per heavy atom. The number of benzene rings is 2. The maximum absolute atomic E-state index is 5.49. The highest BCUT2D eigenvalue weighted by molar-refractivity contribution is 7.71. The van der Waals surface area contributed by atoms with E-state index >= 15 is 0 Å². The molecule has 0 bridgehead atoms.